The van der Waals surface area contributed by atoms with Crippen molar-refractivity contribution < 1.29 is 4.79 Å². The SMILES string of the molecule is CC1CCC(C(=O)c2nc3ccccc3cc2Br)CC1C. The van der Waals surface area contributed by atoms with Crippen LogP contribution in [0.15, 0.2) is 34.8 Å². The summed E-state index contributed by atoms with van der Waals surface area (Å²) < 4.78 is 0.817. The van der Waals surface area contributed by atoms with Gasteiger partial charge in [0.2, 0.25) is 0 Å². The zero-order valence-electron chi connectivity index (χ0n) is 12.5. The Balaban J connectivity index is 1.92. The minimum Gasteiger partial charge on any atom is -0.292 e. The van der Waals surface area contributed by atoms with E-state index in [4.69, 9.17) is 0 Å². The van der Waals surface area contributed by atoms with Crippen molar-refractivity contribution in [3.63, 3.8) is 0 Å². The van der Waals surface area contributed by atoms with Crippen LogP contribution in [-0.2, 0) is 0 Å². The number of para-hydroxylation sites is 1. The molecule has 3 unspecified atom stereocenters. The third-order valence-electron chi connectivity index (χ3n) is 4.88. The van der Waals surface area contributed by atoms with Gasteiger partial charge in [-0.15, -0.1) is 0 Å². The molecule has 0 amide bonds. The molecule has 110 valence electrons. The molecule has 1 aliphatic carbocycles. The van der Waals surface area contributed by atoms with E-state index in [0.29, 0.717) is 11.6 Å². The number of ketones is 1. The number of aromatic nitrogens is 1. The normalized spacial score (nSPS) is 26.0. The fourth-order valence-electron chi connectivity index (χ4n) is 3.24. The topological polar surface area (TPSA) is 30.0 Å². The number of fused-ring (bicyclic) bond motifs is 1. The van der Waals surface area contributed by atoms with Crippen LogP contribution in [-0.4, -0.2) is 10.8 Å². The van der Waals surface area contributed by atoms with Crippen molar-refractivity contribution in [1.29, 1.82) is 0 Å². The Morgan fingerprint density at radius 3 is 2.71 bits per heavy atom. The first-order valence-electron chi connectivity index (χ1n) is 7.65. The number of pyridine rings is 1. The molecule has 1 saturated carbocycles. The largest absolute Gasteiger partial charge is 0.292 e. The van der Waals surface area contributed by atoms with E-state index in [1.807, 2.05) is 30.3 Å². The van der Waals surface area contributed by atoms with Crippen LogP contribution in [0.25, 0.3) is 10.9 Å². The Labute approximate surface area is 134 Å². The average Bonchev–Trinajstić information content (AvgIpc) is 2.48. The summed E-state index contributed by atoms with van der Waals surface area (Å²) in [6, 6.07) is 9.93. The van der Waals surface area contributed by atoms with E-state index in [0.717, 1.165) is 40.6 Å². The third-order valence-corrected chi connectivity index (χ3v) is 5.48. The molecule has 3 rings (SSSR count). The lowest BCUT2D eigenvalue weighted by molar-refractivity contribution is 0.0832. The molecular weight excluding hydrogens is 326 g/mol. The van der Waals surface area contributed by atoms with Crippen LogP contribution in [0.2, 0.25) is 0 Å². The molecule has 2 nitrogen and oxygen atoms in total. The van der Waals surface area contributed by atoms with Crippen molar-refractivity contribution in [1.82, 2.24) is 4.98 Å². The molecule has 2 aromatic rings. The first-order chi connectivity index (χ1) is 10.1. The van der Waals surface area contributed by atoms with Crippen molar-refractivity contribution in [3.8, 4) is 0 Å². The maximum atomic E-state index is 12.8. The zero-order chi connectivity index (χ0) is 15.0. The fraction of sp³-hybridized carbons (Fsp3) is 0.444. The predicted octanol–water partition coefficient (Wildman–Crippen LogP) is 5.25. The summed E-state index contributed by atoms with van der Waals surface area (Å²) in [5.41, 5.74) is 1.49. The second-order valence-corrected chi connectivity index (χ2v) is 7.19. The Kier molecular flexibility index (Phi) is 4.12. The Morgan fingerprint density at radius 2 is 1.95 bits per heavy atom. The summed E-state index contributed by atoms with van der Waals surface area (Å²) in [6.45, 7) is 4.54. The van der Waals surface area contributed by atoms with Crippen molar-refractivity contribution >= 4 is 32.6 Å². The number of halogens is 1. The van der Waals surface area contributed by atoms with Gasteiger partial charge in [0.15, 0.2) is 5.78 Å². The standard InChI is InChI=1S/C18H20BrNO/c1-11-7-8-14(9-12(11)2)18(21)17-15(19)10-13-5-3-4-6-16(13)20-17/h3-6,10-12,14H,7-9H2,1-2H3. The third kappa shape index (κ3) is 2.89. The van der Waals surface area contributed by atoms with E-state index >= 15 is 0 Å². The van der Waals surface area contributed by atoms with Crippen molar-refractivity contribution in [2.24, 2.45) is 17.8 Å². The number of nitrogens with zero attached hydrogens (tertiary/aromatic N) is 1. The molecule has 0 radical (unpaired) electrons. The quantitative estimate of drug-likeness (QED) is 0.695. The lowest BCUT2D eigenvalue weighted by Crippen LogP contribution is -2.27. The summed E-state index contributed by atoms with van der Waals surface area (Å²) in [4.78, 5) is 17.4. The van der Waals surface area contributed by atoms with E-state index in [-0.39, 0.29) is 11.7 Å². The van der Waals surface area contributed by atoms with Crippen LogP contribution in [0, 0.1) is 17.8 Å². The highest BCUT2D eigenvalue weighted by Gasteiger charge is 2.31. The summed E-state index contributed by atoms with van der Waals surface area (Å²) in [5, 5.41) is 1.06. The Hall–Kier alpha value is -1.22. The molecule has 0 N–H and O–H groups in total. The first kappa shape index (κ1) is 14.7. The van der Waals surface area contributed by atoms with Gasteiger partial charge >= 0.3 is 0 Å². The molecule has 0 bridgehead atoms. The maximum Gasteiger partial charge on any atom is 0.185 e. The predicted molar refractivity (Wildman–Crippen MR) is 89.4 cm³/mol. The number of rotatable bonds is 2. The van der Waals surface area contributed by atoms with Crippen LogP contribution in [0.5, 0.6) is 0 Å². The van der Waals surface area contributed by atoms with Crippen molar-refractivity contribution in [2.75, 3.05) is 0 Å². The Bertz CT molecular complexity index is 682. The van der Waals surface area contributed by atoms with Crippen LogP contribution < -0.4 is 0 Å². The summed E-state index contributed by atoms with van der Waals surface area (Å²) in [6.07, 6.45) is 3.12. The van der Waals surface area contributed by atoms with Gasteiger partial charge in [0.25, 0.3) is 0 Å². The summed E-state index contributed by atoms with van der Waals surface area (Å²) >= 11 is 3.53. The van der Waals surface area contributed by atoms with Gasteiger partial charge in [-0.05, 0) is 59.2 Å². The lowest BCUT2D eigenvalue weighted by atomic mass is 9.74. The second kappa shape index (κ2) is 5.88. The zero-order valence-corrected chi connectivity index (χ0v) is 14.1. The van der Waals surface area contributed by atoms with Gasteiger partial charge in [-0.25, -0.2) is 4.98 Å². The van der Waals surface area contributed by atoms with Crippen LogP contribution in [0.1, 0.15) is 43.6 Å². The van der Waals surface area contributed by atoms with Crippen LogP contribution >= 0.6 is 15.9 Å². The van der Waals surface area contributed by atoms with E-state index in [1.165, 1.54) is 0 Å². The monoisotopic (exact) mass is 345 g/mol. The van der Waals surface area contributed by atoms with Crippen molar-refractivity contribution in [3.05, 3.63) is 40.5 Å². The highest BCUT2D eigenvalue weighted by Crippen LogP contribution is 2.36. The van der Waals surface area contributed by atoms with Crippen molar-refractivity contribution in [2.45, 2.75) is 33.1 Å². The van der Waals surface area contributed by atoms with Gasteiger partial charge in [-0.1, -0.05) is 32.0 Å². The van der Waals surface area contributed by atoms with Gasteiger partial charge in [-0.2, -0.15) is 0 Å². The summed E-state index contributed by atoms with van der Waals surface area (Å²) in [5.74, 6) is 1.67. The average molecular weight is 346 g/mol. The van der Waals surface area contributed by atoms with Gasteiger partial charge < -0.3 is 0 Å². The number of hydrogen-bond acceptors (Lipinski definition) is 2. The highest BCUT2D eigenvalue weighted by molar-refractivity contribution is 9.10. The molecule has 21 heavy (non-hydrogen) atoms. The molecule has 1 aromatic carbocycles. The molecule has 1 aliphatic rings. The molecule has 1 heterocycles. The number of carbonyl (C=O) groups excluding carboxylic acids is 1. The number of hydrogen-bond donors (Lipinski definition) is 0. The lowest BCUT2D eigenvalue weighted by Gasteiger charge is -2.31. The number of Topliss-reactive ketones (excluding diaryl/α,β-unsaturated/α-hetero) is 1. The highest BCUT2D eigenvalue weighted by atomic mass is 79.9. The first-order valence-corrected chi connectivity index (χ1v) is 8.45. The second-order valence-electron chi connectivity index (χ2n) is 6.34. The molecule has 0 saturated heterocycles. The Morgan fingerprint density at radius 1 is 1.19 bits per heavy atom. The van der Waals surface area contributed by atoms with Gasteiger partial charge in [0, 0.05) is 15.8 Å². The summed E-state index contributed by atoms with van der Waals surface area (Å²) in [7, 11) is 0. The maximum absolute atomic E-state index is 12.8. The van der Waals surface area contributed by atoms with E-state index in [1.54, 1.807) is 0 Å². The molecular formula is C18H20BrNO. The molecule has 1 fully saturated rings. The minimum absolute atomic E-state index is 0.126. The number of benzene rings is 1. The van der Waals surface area contributed by atoms with Gasteiger partial charge in [0.1, 0.15) is 5.69 Å². The van der Waals surface area contributed by atoms with Gasteiger partial charge in [0.05, 0.1) is 5.52 Å². The van der Waals surface area contributed by atoms with Crippen LogP contribution in [0.4, 0.5) is 0 Å². The number of carbonyl (C=O) groups is 1. The molecule has 3 heteroatoms. The minimum atomic E-state index is 0.126. The molecule has 1 aromatic heterocycles. The molecule has 0 aliphatic heterocycles. The smallest absolute Gasteiger partial charge is 0.185 e. The van der Waals surface area contributed by atoms with E-state index in [2.05, 4.69) is 34.8 Å². The van der Waals surface area contributed by atoms with E-state index < -0.39 is 0 Å². The molecule has 0 spiro atoms. The van der Waals surface area contributed by atoms with E-state index in [9.17, 15) is 4.79 Å². The molecule has 3 atom stereocenters. The van der Waals surface area contributed by atoms with Gasteiger partial charge in [-0.3, -0.25) is 4.79 Å². The van der Waals surface area contributed by atoms with Crippen LogP contribution in [0.3, 0.4) is 0 Å². The fourth-order valence-corrected chi connectivity index (χ4v) is 3.77.